The first-order valence-electron chi connectivity index (χ1n) is 8.97. The number of aliphatic hydroxyl groups is 1. The lowest BCUT2D eigenvalue weighted by atomic mass is 9.87. The number of carbonyl (C=O) groups excluding carboxylic acids is 1. The molecule has 1 heterocycles. The third-order valence-corrected chi connectivity index (χ3v) is 4.69. The van der Waals surface area contributed by atoms with Crippen molar-refractivity contribution in [3.05, 3.63) is 64.8 Å². The fraction of sp³-hybridized carbons (Fsp3) is 0.350. The summed E-state index contributed by atoms with van der Waals surface area (Å²) in [5.74, 6) is 0.00163. The molecule has 0 saturated heterocycles. The van der Waals surface area contributed by atoms with Gasteiger partial charge in [-0.05, 0) is 44.4 Å². The van der Waals surface area contributed by atoms with E-state index in [2.05, 4.69) is 15.6 Å². The number of allylic oxidation sites excluding steroid dienone is 3. The highest BCUT2D eigenvalue weighted by Crippen LogP contribution is 2.29. The van der Waals surface area contributed by atoms with Gasteiger partial charge >= 0.3 is 6.18 Å². The molecule has 1 aliphatic carbocycles. The van der Waals surface area contributed by atoms with Crippen molar-refractivity contribution in [3.8, 4) is 0 Å². The number of aromatic nitrogens is 1. The molecule has 0 radical (unpaired) electrons. The second-order valence-corrected chi connectivity index (χ2v) is 7.98. The van der Waals surface area contributed by atoms with Gasteiger partial charge in [0, 0.05) is 35.3 Å². The quantitative estimate of drug-likeness (QED) is 0.488. The predicted molar refractivity (Wildman–Crippen MR) is 111 cm³/mol. The summed E-state index contributed by atoms with van der Waals surface area (Å²) in [7, 11) is 0. The molecule has 0 unspecified atom stereocenters. The first-order valence-corrected chi connectivity index (χ1v) is 10.4. The number of rotatable bonds is 7. The van der Waals surface area contributed by atoms with Crippen LogP contribution in [-0.4, -0.2) is 45.9 Å². The molecule has 162 valence electrons. The summed E-state index contributed by atoms with van der Waals surface area (Å²) in [5, 5.41) is 24.2. The third-order valence-electron chi connectivity index (χ3n) is 4.08. The smallest absolute Gasteiger partial charge is 0.390 e. The van der Waals surface area contributed by atoms with Crippen molar-refractivity contribution in [2.45, 2.75) is 25.6 Å². The Labute approximate surface area is 176 Å². The molecule has 0 spiro atoms. The summed E-state index contributed by atoms with van der Waals surface area (Å²) in [6.07, 6.45) is 1.81. The van der Waals surface area contributed by atoms with Gasteiger partial charge in [0.2, 0.25) is 0 Å². The predicted octanol–water partition coefficient (Wildman–Crippen LogP) is 3.28. The van der Waals surface area contributed by atoms with Gasteiger partial charge in [0.15, 0.2) is 0 Å². The summed E-state index contributed by atoms with van der Waals surface area (Å²) in [5.41, 5.74) is -1.97. The van der Waals surface area contributed by atoms with Gasteiger partial charge in [-0.2, -0.15) is 24.9 Å². The minimum Gasteiger partial charge on any atom is -0.390 e. The lowest BCUT2D eigenvalue weighted by molar-refractivity contribution is -0.141. The zero-order valence-electron chi connectivity index (χ0n) is 16.7. The van der Waals surface area contributed by atoms with E-state index < -0.39 is 29.1 Å². The monoisotopic (exact) mass is 440 g/mol. The van der Waals surface area contributed by atoms with Crippen molar-refractivity contribution in [2.75, 3.05) is 18.6 Å². The Morgan fingerprint density at radius 2 is 2.00 bits per heavy atom. The second kappa shape index (κ2) is 9.48. The highest BCUT2D eigenvalue weighted by molar-refractivity contribution is 7.98. The average Bonchev–Trinajstić information content (AvgIpc) is 2.65. The van der Waals surface area contributed by atoms with Crippen LogP contribution in [0.25, 0.3) is 0 Å². The van der Waals surface area contributed by atoms with Crippen LogP contribution in [0.1, 0.15) is 30.0 Å². The van der Waals surface area contributed by atoms with E-state index in [1.165, 1.54) is 32.1 Å². The summed E-state index contributed by atoms with van der Waals surface area (Å²) in [6, 6.07) is 3.05. The number of halogens is 3. The SMILES string of the molecule is CSCCN/C=C1/C=C(NC(=O)c2cccc(C(F)(F)F)n2)C(C(C)(C)O)=CC1=N. The standard InChI is InChI=1S/C20H23F3N4O2S/c1-19(2,29)13-10-14(24)12(11-25-7-8-30-3)9-16(13)27-18(28)15-5-4-6-17(26-15)20(21,22)23/h4-6,9-11,24-25,29H,7-8H2,1-3H3,(H,27,28)/b12-11-,24-14?. The molecule has 1 aromatic rings. The summed E-state index contributed by atoms with van der Waals surface area (Å²) >= 11 is 1.65. The average molecular weight is 440 g/mol. The van der Waals surface area contributed by atoms with E-state index in [4.69, 9.17) is 5.41 Å². The van der Waals surface area contributed by atoms with E-state index in [1.807, 2.05) is 6.26 Å². The van der Waals surface area contributed by atoms with Gasteiger partial charge in [-0.15, -0.1) is 0 Å². The van der Waals surface area contributed by atoms with Gasteiger partial charge in [0.1, 0.15) is 11.4 Å². The number of amides is 1. The molecule has 0 bridgehead atoms. The maximum absolute atomic E-state index is 12.9. The fourth-order valence-corrected chi connectivity index (χ4v) is 2.92. The van der Waals surface area contributed by atoms with Gasteiger partial charge in [-0.1, -0.05) is 6.07 Å². The minimum atomic E-state index is -4.67. The van der Waals surface area contributed by atoms with Crippen molar-refractivity contribution in [1.82, 2.24) is 15.6 Å². The van der Waals surface area contributed by atoms with Crippen molar-refractivity contribution in [2.24, 2.45) is 0 Å². The number of nitrogens with one attached hydrogen (secondary N) is 3. The Balaban J connectivity index is 2.33. The van der Waals surface area contributed by atoms with Crippen LogP contribution in [0.2, 0.25) is 0 Å². The van der Waals surface area contributed by atoms with Gasteiger partial charge in [0.25, 0.3) is 5.91 Å². The number of carbonyl (C=O) groups is 1. The molecule has 0 atom stereocenters. The van der Waals surface area contributed by atoms with E-state index in [-0.39, 0.29) is 17.0 Å². The topological polar surface area (TPSA) is 98.1 Å². The van der Waals surface area contributed by atoms with E-state index in [0.29, 0.717) is 12.1 Å². The van der Waals surface area contributed by atoms with E-state index in [0.717, 1.165) is 17.9 Å². The lowest BCUT2D eigenvalue weighted by Gasteiger charge is -2.28. The van der Waals surface area contributed by atoms with Crippen LogP contribution in [0.5, 0.6) is 0 Å². The molecule has 0 aliphatic heterocycles. The third kappa shape index (κ3) is 6.20. The van der Waals surface area contributed by atoms with Crippen molar-refractivity contribution in [3.63, 3.8) is 0 Å². The highest BCUT2D eigenvalue weighted by atomic mass is 32.2. The summed E-state index contributed by atoms with van der Waals surface area (Å²) < 4.78 is 38.7. The molecule has 0 saturated carbocycles. The van der Waals surface area contributed by atoms with E-state index >= 15 is 0 Å². The van der Waals surface area contributed by atoms with Crippen LogP contribution < -0.4 is 10.6 Å². The summed E-state index contributed by atoms with van der Waals surface area (Å²) in [6.45, 7) is 3.64. The molecule has 1 aromatic heterocycles. The zero-order valence-corrected chi connectivity index (χ0v) is 17.5. The number of hydrogen-bond donors (Lipinski definition) is 4. The van der Waals surface area contributed by atoms with Gasteiger partial charge < -0.3 is 21.1 Å². The van der Waals surface area contributed by atoms with Crippen LogP contribution >= 0.6 is 11.8 Å². The first-order chi connectivity index (χ1) is 13.9. The lowest BCUT2D eigenvalue weighted by Crippen LogP contribution is -2.35. The molecule has 0 fully saturated rings. The number of thioether (sulfide) groups is 1. The maximum atomic E-state index is 12.9. The molecule has 0 aromatic carbocycles. The van der Waals surface area contributed by atoms with Crippen LogP contribution in [0.15, 0.2) is 53.4 Å². The molecule has 10 heteroatoms. The second-order valence-electron chi connectivity index (χ2n) is 7.00. The zero-order chi connectivity index (χ0) is 22.5. The summed E-state index contributed by atoms with van der Waals surface area (Å²) in [4.78, 5) is 16.0. The molecular formula is C20H23F3N4O2S. The van der Waals surface area contributed by atoms with Crippen LogP contribution in [0.3, 0.4) is 0 Å². The van der Waals surface area contributed by atoms with Crippen molar-refractivity contribution >= 4 is 23.4 Å². The van der Waals surface area contributed by atoms with Crippen molar-refractivity contribution < 1.29 is 23.1 Å². The largest absolute Gasteiger partial charge is 0.433 e. The normalized spacial score (nSPS) is 16.2. The molecular weight excluding hydrogens is 417 g/mol. The fourth-order valence-electron chi connectivity index (χ4n) is 2.59. The number of nitrogens with zero attached hydrogens (tertiary/aromatic N) is 1. The Bertz CT molecular complexity index is 915. The molecule has 1 aliphatic rings. The number of pyridine rings is 1. The molecule has 30 heavy (non-hydrogen) atoms. The van der Waals surface area contributed by atoms with E-state index in [9.17, 15) is 23.1 Å². The molecule has 4 N–H and O–H groups in total. The van der Waals surface area contributed by atoms with Crippen LogP contribution in [0, 0.1) is 5.41 Å². The molecule has 6 nitrogen and oxygen atoms in total. The van der Waals surface area contributed by atoms with E-state index in [1.54, 1.807) is 18.0 Å². The molecule has 2 rings (SSSR count). The Morgan fingerprint density at radius 3 is 2.60 bits per heavy atom. The van der Waals surface area contributed by atoms with Gasteiger partial charge in [-0.3, -0.25) is 4.79 Å². The Morgan fingerprint density at radius 1 is 1.30 bits per heavy atom. The first kappa shape index (κ1) is 23.7. The number of alkyl halides is 3. The minimum absolute atomic E-state index is 0.124. The maximum Gasteiger partial charge on any atom is 0.433 e. The molecule has 1 amide bonds. The highest BCUT2D eigenvalue weighted by Gasteiger charge is 2.33. The number of hydrogen-bond acceptors (Lipinski definition) is 6. The van der Waals surface area contributed by atoms with Gasteiger partial charge in [-0.25, -0.2) is 4.98 Å². The van der Waals surface area contributed by atoms with Crippen LogP contribution in [-0.2, 0) is 6.18 Å². The van der Waals surface area contributed by atoms with Crippen molar-refractivity contribution in [1.29, 1.82) is 5.41 Å². The van der Waals surface area contributed by atoms with Gasteiger partial charge in [0.05, 0.1) is 11.3 Å². The van der Waals surface area contributed by atoms with Crippen LogP contribution in [0.4, 0.5) is 13.2 Å². The Kier molecular flexibility index (Phi) is 7.49. The Hall–Kier alpha value is -2.59.